The lowest BCUT2D eigenvalue weighted by molar-refractivity contribution is -0.149. The SMILES string of the molecule is COC(=O)C(NCC(F)(F)F)C1CCC1. The van der Waals surface area contributed by atoms with Crippen molar-refractivity contribution in [3.63, 3.8) is 0 Å². The van der Waals surface area contributed by atoms with Gasteiger partial charge in [-0.15, -0.1) is 0 Å². The molecule has 6 heteroatoms. The highest BCUT2D eigenvalue weighted by atomic mass is 19.4. The van der Waals surface area contributed by atoms with E-state index in [4.69, 9.17) is 0 Å². The van der Waals surface area contributed by atoms with Crippen LogP contribution in [0.15, 0.2) is 0 Å². The van der Waals surface area contributed by atoms with Crippen molar-refractivity contribution < 1.29 is 22.7 Å². The van der Waals surface area contributed by atoms with Crippen molar-refractivity contribution >= 4 is 5.97 Å². The van der Waals surface area contributed by atoms with E-state index in [1.54, 1.807) is 0 Å². The molecule has 1 unspecified atom stereocenters. The van der Waals surface area contributed by atoms with Crippen LogP contribution in [-0.4, -0.2) is 31.8 Å². The van der Waals surface area contributed by atoms with E-state index >= 15 is 0 Å². The van der Waals surface area contributed by atoms with Crippen molar-refractivity contribution in [3.05, 3.63) is 0 Å². The van der Waals surface area contributed by atoms with Gasteiger partial charge in [0.25, 0.3) is 0 Å². The summed E-state index contributed by atoms with van der Waals surface area (Å²) in [7, 11) is 1.18. The minimum Gasteiger partial charge on any atom is -0.468 e. The fourth-order valence-corrected chi connectivity index (χ4v) is 1.57. The molecule has 1 saturated carbocycles. The zero-order valence-electron chi connectivity index (χ0n) is 8.43. The van der Waals surface area contributed by atoms with Gasteiger partial charge in [0.15, 0.2) is 0 Å². The molecule has 0 aromatic rings. The van der Waals surface area contributed by atoms with Crippen molar-refractivity contribution in [1.29, 1.82) is 0 Å². The molecule has 1 N–H and O–H groups in total. The first-order chi connectivity index (χ1) is 6.94. The molecule has 0 bridgehead atoms. The quantitative estimate of drug-likeness (QED) is 0.736. The number of carbonyl (C=O) groups is 1. The van der Waals surface area contributed by atoms with Gasteiger partial charge in [0.2, 0.25) is 0 Å². The van der Waals surface area contributed by atoms with Gasteiger partial charge in [0, 0.05) is 0 Å². The lowest BCUT2D eigenvalue weighted by Gasteiger charge is -2.32. The molecular weight excluding hydrogens is 211 g/mol. The topological polar surface area (TPSA) is 38.3 Å². The summed E-state index contributed by atoms with van der Waals surface area (Å²) in [5.74, 6) is -0.622. The number of hydrogen-bond acceptors (Lipinski definition) is 3. The molecule has 3 nitrogen and oxygen atoms in total. The Morgan fingerprint density at radius 3 is 2.47 bits per heavy atom. The van der Waals surface area contributed by atoms with E-state index in [1.807, 2.05) is 0 Å². The van der Waals surface area contributed by atoms with Gasteiger partial charge >= 0.3 is 12.1 Å². The van der Waals surface area contributed by atoms with Crippen molar-refractivity contribution in [2.45, 2.75) is 31.5 Å². The predicted octanol–water partition coefficient (Wildman–Crippen LogP) is 1.48. The maximum atomic E-state index is 12.0. The number of hydrogen-bond donors (Lipinski definition) is 1. The second-order valence-electron chi connectivity index (χ2n) is 3.69. The molecule has 0 aromatic heterocycles. The summed E-state index contributed by atoms with van der Waals surface area (Å²) in [5, 5.41) is 2.21. The third-order valence-corrected chi connectivity index (χ3v) is 2.60. The molecule has 1 atom stereocenters. The van der Waals surface area contributed by atoms with Gasteiger partial charge in [-0.25, -0.2) is 0 Å². The monoisotopic (exact) mass is 225 g/mol. The molecule has 1 rings (SSSR count). The number of ether oxygens (including phenoxy) is 1. The summed E-state index contributed by atoms with van der Waals surface area (Å²) in [5.41, 5.74) is 0. The first-order valence-electron chi connectivity index (χ1n) is 4.82. The normalized spacial score (nSPS) is 19.5. The van der Waals surface area contributed by atoms with Gasteiger partial charge in [-0.05, 0) is 18.8 Å². The largest absolute Gasteiger partial charge is 0.468 e. The Labute approximate surface area is 86.0 Å². The number of carbonyl (C=O) groups excluding carboxylic acids is 1. The fourth-order valence-electron chi connectivity index (χ4n) is 1.57. The Morgan fingerprint density at radius 2 is 2.13 bits per heavy atom. The molecule has 1 aliphatic carbocycles. The molecule has 1 aliphatic rings. The van der Waals surface area contributed by atoms with Crippen LogP contribution in [0.5, 0.6) is 0 Å². The van der Waals surface area contributed by atoms with Crippen LogP contribution in [0.2, 0.25) is 0 Å². The number of rotatable bonds is 4. The van der Waals surface area contributed by atoms with Crippen LogP contribution >= 0.6 is 0 Å². The molecular formula is C9H14F3NO2. The van der Waals surface area contributed by atoms with Gasteiger partial charge < -0.3 is 4.74 Å². The molecule has 0 saturated heterocycles. The first kappa shape index (κ1) is 12.3. The summed E-state index contributed by atoms with van der Waals surface area (Å²) in [4.78, 5) is 11.2. The Hall–Kier alpha value is -0.780. The van der Waals surface area contributed by atoms with E-state index < -0.39 is 24.7 Å². The third kappa shape index (κ3) is 3.70. The van der Waals surface area contributed by atoms with E-state index in [0.29, 0.717) is 0 Å². The molecule has 88 valence electrons. The molecule has 0 aromatic carbocycles. The lowest BCUT2D eigenvalue weighted by atomic mass is 9.79. The van der Waals surface area contributed by atoms with Crippen LogP contribution in [0, 0.1) is 5.92 Å². The summed E-state index contributed by atoms with van der Waals surface area (Å²) < 4.78 is 40.3. The van der Waals surface area contributed by atoms with Crippen LogP contribution in [-0.2, 0) is 9.53 Å². The van der Waals surface area contributed by atoms with Gasteiger partial charge in [-0.2, -0.15) is 13.2 Å². The molecule has 0 radical (unpaired) electrons. The van der Waals surface area contributed by atoms with E-state index in [0.717, 1.165) is 19.3 Å². The summed E-state index contributed by atoms with van der Waals surface area (Å²) in [6, 6.07) is -0.814. The van der Waals surface area contributed by atoms with E-state index in [-0.39, 0.29) is 5.92 Å². The number of halogens is 3. The number of methoxy groups -OCH3 is 1. The average Bonchev–Trinajstić information content (AvgIpc) is 2.06. The smallest absolute Gasteiger partial charge is 0.401 e. The van der Waals surface area contributed by atoms with Crippen LogP contribution in [0.25, 0.3) is 0 Å². The third-order valence-electron chi connectivity index (χ3n) is 2.60. The Bertz CT molecular complexity index is 226. The maximum Gasteiger partial charge on any atom is 0.401 e. The molecule has 0 aliphatic heterocycles. The second kappa shape index (κ2) is 4.83. The summed E-state index contributed by atoms with van der Waals surface area (Å²) in [6.07, 6.45) is -1.77. The first-order valence-corrected chi connectivity index (χ1v) is 4.82. The molecule has 0 spiro atoms. The highest BCUT2D eigenvalue weighted by Gasteiger charge is 2.36. The van der Waals surface area contributed by atoms with Gasteiger partial charge in [-0.3, -0.25) is 10.1 Å². The number of alkyl halides is 3. The van der Waals surface area contributed by atoms with Crippen molar-refractivity contribution in [1.82, 2.24) is 5.32 Å². The van der Waals surface area contributed by atoms with Gasteiger partial charge in [-0.1, -0.05) is 6.42 Å². The van der Waals surface area contributed by atoms with Crippen LogP contribution < -0.4 is 5.32 Å². The van der Waals surface area contributed by atoms with E-state index in [2.05, 4.69) is 10.1 Å². The zero-order chi connectivity index (χ0) is 11.5. The summed E-state index contributed by atoms with van der Waals surface area (Å²) >= 11 is 0. The number of esters is 1. The second-order valence-corrected chi connectivity index (χ2v) is 3.69. The van der Waals surface area contributed by atoms with Crippen LogP contribution in [0.1, 0.15) is 19.3 Å². The Kier molecular flexibility index (Phi) is 3.96. The number of nitrogens with one attached hydrogen (secondary N) is 1. The predicted molar refractivity (Wildman–Crippen MR) is 47.2 cm³/mol. The Morgan fingerprint density at radius 1 is 1.53 bits per heavy atom. The Balaban J connectivity index is 2.45. The van der Waals surface area contributed by atoms with Crippen LogP contribution in [0.3, 0.4) is 0 Å². The maximum absolute atomic E-state index is 12.0. The molecule has 1 fully saturated rings. The van der Waals surface area contributed by atoms with E-state index in [1.165, 1.54) is 7.11 Å². The average molecular weight is 225 g/mol. The van der Waals surface area contributed by atoms with Crippen molar-refractivity contribution in [2.24, 2.45) is 5.92 Å². The lowest BCUT2D eigenvalue weighted by Crippen LogP contribution is -2.49. The highest BCUT2D eigenvalue weighted by Crippen LogP contribution is 2.30. The summed E-state index contributed by atoms with van der Waals surface area (Å²) in [6.45, 7) is -1.15. The highest BCUT2D eigenvalue weighted by molar-refractivity contribution is 5.76. The molecule has 0 amide bonds. The van der Waals surface area contributed by atoms with E-state index in [9.17, 15) is 18.0 Å². The minimum absolute atomic E-state index is 0.0141. The minimum atomic E-state index is -4.30. The van der Waals surface area contributed by atoms with Crippen molar-refractivity contribution in [3.8, 4) is 0 Å². The standard InChI is InChI=1S/C9H14F3NO2/c1-15-8(14)7(6-3-2-4-6)13-5-9(10,11)12/h6-7,13H,2-5H2,1H3. The fraction of sp³-hybridized carbons (Fsp3) is 0.889. The van der Waals surface area contributed by atoms with Gasteiger partial charge in [0.05, 0.1) is 13.7 Å². The molecule has 0 heterocycles. The van der Waals surface area contributed by atoms with Crippen molar-refractivity contribution in [2.75, 3.05) is 13.7 Å². The zero-order valence-corrected chi connectivity index (χ0v) is 8.43. The van der Waals surface area contributed by atoms with Gasteiger partial charge in [0.1, 0.15) is 6.04 Å². The molecule has 15 heavy (non-hydrogen) atoms. The van der Waals surface area contributed by atoms with Crippen LogP contribution in [0.4, 0.5) is 13.2 Å².